The zero-order valence-corrected chi connectivity index (χ0v) is 11.5. The molecule has 1 aromatic rings. The van der Waals surface area contributed by atoms with Gasteiger partial charge in [0.2, 0.25) is 0 Å². The van der Waals surface area contributed by atoms with Crippen LogP contribution in [0.3, 0.4) is 0 Å². The first-order chi connectivity index (χ1) is 8.27. The summed E-state index contributed by atoms with van der Waals surface area (Å²) in [7, 11) is 2.25. The van der Waals surface area contributed by atoms with E-state index in [4.69, 9.17) is 4.42 Å². The Labute approximate surface area is 108 Å². The van der Waals surface area contributed by atoms with Crippen LogP contribution in [0.25, 0.3) is 0 Å². The monoisotopic (exact) mass is 254 g/mol. The standard InChI is InChI=1S/C13H22N2OS/c1-11(15(2)12-5-7-17-10-12)8-14-9-13-4-3-6-16-13/h3-4,6,11-12,14H,5,7-10H2,1-2H3. The maximum absolute atomic E-state index is 5.30. The molecule has 0 saturated carbocycles. The largest absolute Gasteiger partial charge is 0.468 e. The quantitative estimate of drug-likeness (QED) is 0.842. The zero-order valence-electron chi connectivity index (χ0n) is 10.7. The van der Waals surface area contributed by atoms with Gasteiger partial charge in [-0.2, -0.15) is 11.8 Å². The van der Waals surface area contributed by atoms with Gasteiger partial charge in [-0.1, -0.05) is 0 Å². The van der Waals surface area contributed by atoms with E-state index in [0.717, 1.165) is 24.9 Å². The van der Waals surface area contributed by atoms with Gasteiger partial charge in [-0.05, 0) is 38.3 Å². The van der Waals surface area contributed by atoms with Crippen LogP contribution in [0.5, 0.6) is 0 Å². The number of likely N-dealkylation sites (N-methyl/N-ethyl adjacent to an activating group) is 1. The molecule has 1 saturated heterocycles. The second-order valence-electron chi connectivity index (χ2n) is 4.74. The summed E-state index contributed by atoms with van der Waals surface area (Å²) in [5.74, 6) is 3.62. The molecule has 1 N–H and O–H groups in total. The lowest BCUT2D eigenvalue weighted by atomic mass is 10.2. The highest BCUT2D eigenvalue weighted by molar-refractivity contribution is 7.99. The third-order valence-electron chi connectivity index (χ3n) is 3.50. The molecule has 0 spiro atoms. The van der Waals surface area contributed by atoms with E-state index in [1.165, 1.54) is 17.9 Å². The van der Waals surface area contributed by atoms with E-state index in [0.29, 0.717) is 6.04 Å². The highest BCUT2D eigenvalue weighted by Gasteiger charge is 2.23. The molecule has 0 aliphatic carbocycles. The van der Waals surface area contributed by atoms with E-state index in [-0.39, 0.29) is 0 Å². The van der Waals surface area contributed by atoms with E-state index in [1.807, 2.05) is 12.1 Å². The van der Waals surface area contributed by atoms with Crippen LogP contribution < -0.4 is 5.32 Å². The van der Waals surface area contributed by atoms with E-state index in [2.05, 4.69) is 35.9 Å². The van der Waals surface area contributed by atoms with Crippen LogP contribution in [0.4, 0.5) is 0 Å². The molecule has 2 atom stereocenters. The SMILES string of the molecule is CC(CNCc1ccco1)N(C)C1CCSC1. The Morgan fingerprint density at radius 2 is 2.53 bits per heavy atom. The Kier molecular flexibility index (Phi) is 4.95. The van der Waals surface area contributed by atoms with Crippen molar-refractivity contribution in [2.75, 3.05) is 25.1 Å². The van der Waals surface area contributed by atoms with E-state index < -0.39 is 0 Å². The highest BCUT2D eigenvalue weighted by Crippen LogP contribution is 2.22. The molecule has 0 aromatic carbocycles. The fourth-order valence-corrected chi connectivity index (χ4v) is 3.44. The van der Waals surface area contributed by atoms with Gasteiger partial charge in [0.05, 0.1) is 12.8 Å². The second kappa shape index (κ2) is 6.47. The minimum absolute atomic E-state index is 0.577. The number of hydrogen-bond acceptors (Lipinski definition) is 4. The first-order valence-electron chi connectivity index (χ1n) is 6.30. The molecule has 2 heterocycles. The molecule has 4 heteroatoms. The maximum atomic E-state index is 5.30. The smallest absolute Gasteiger partial charge is 0.117 e. The molecule has 0 bridgehead atoms. The van der Waals surface area contributed by atoms with Crippen molar-refractivity contribution >= 4 is 11.8 Å². The first-order valence-corrected chi connectivity index (χ1v) is 7.45. The Morgan fingerprint density at radius 3 is 3.18 bits per heavy atom. The molecule has 0 radical (unpaired) electrons. The van der Waals surface area contributed by atoms with Crippen molar-refractivity contribution in [2.24, 2.45) is 0 Å². The van der Waals surface area contributed by atoms with E-state index in [1.54, 1.807) is 6.26 Å². The van der Waals surface area contributed by atoms with Gasteiger partial charge in [-0.3, -0.25) is 4.90 Å². The molecular weight excluding hydrogens is 232 g/mol. The van der Waals surface area contributed by atoms with Crippen LogP contribution in [0, 0.1) is 0 Å². The molecular formula is C13H22N2OS. The van der Waals surface area contributed by atoms with Gasteiger partial charge < -0.3 is 9.73 Å². The van der Waals surface area contributed by atoms with Gasteiger partial charge in [0.15, 0.2) is 0 Å². The van der Waals surface area contributed by atoms with Gasteiger partial charge in [-0.25, -0.2) is 0 Å². The minimum Gasteiger partial charge on any atom is -0.468 e. The summed E-state index contributed by atoms with van der Waals surface area (Å²) in [4.78, 5) is 2.51. The average molecular weight is 254 g/mol. The van der Waals surface area contributed by atoms with E-state index in [9.17, 15) is 0 Å². The van der Waals surface area contributed by atoms with Crippen molar-refractivity contribution in [3.8, 4) is 0 Å². The van der Waals surface area contributed by atoms with Crippen LogP contribution in [0.15, 0.2) is 22.8 Å². The molecule has 1 aliphatic rings. The number of thioether (sulfide) groups is 1. The molecule has 96 valence electrons. The first kappa shape index (κ1) is 13.0. The molecule has 1 aliphatic heterocycles. The van der Waals surface area contributed by atoms with Crippen molar-refractivity contribution in [1.29, 1.82) is 0 Å². The van der Waals surface area contributed by atoms with Crippen LogP contribution in [-0.2, 0) is 6.54 Å². The minimum atomic E-state index is 0.577. The van der Waals surface area contributed by atoms with Crippen molar-refractivity contribution in [1.82, 2.24) is 10.2 Å². The fourth-order valence-electron chi connectivity index (χ4n) is 2.16. The predicted octanol–water partition coefficient (Wildman–Crippen LogP) is 2.20. The predicted molar refractivity (Wildman–Crippen MR) is 73.4 cm³/mol. The lowest BCUT2D eigenvalue weighted by molar-refractivity contribution is 0.194. The number of nitrogens with zero attached hydrogens (tertiary/aromatic N) is 1. The Bertz CT molecular complexity index is 309. The Balaban J connectivity index is 1.67. The second-order valence-corrected chi connectivity index (χ2v) is 5.89. The van der Waals surface area contributed by atoms with Crippen LogP contribution in [0.2, 0.25) is 0 Å². The summed E-state index contributed by atoms with van der Waals surface area (Å²) in [6.45, 7) is 4.13. The maximum Gasteiger partial charge on any atom is 0.117 e. The summed E-state index contributed by atoms with van der Waals surface area (Å²) in [5, 5.41) is 3.45. The molecule has 2 rings (SSSR count). The van der Waals surface area contributed by atoms with Crippen molar-refractivity contribution in [3.05, 3.63) is 24.2 Å². The molecule has 17 heavy (non-hydrogen) atoms. The third kappa shape index (κ3) is 3.76. The van der Waals surface area contributed by atoms with Crippen LogP contribution in [0.1, 0.15) is 19.1 Å². The number of nitrogens with one attached hydrogen (secondary N) is 1. The molecule has 0 amide bonds. The van der Waals surface area contributed by atoms with Gasteiger partial charge in [0.25, 0.3) is 0 Å². The summed E-state index contributed by atoms with van der Waals surface area (Å²) < 4.78 is 5.30. The molecule has 1 aromatic heterocycles. The lowest BCUT2D eigenvalue weighted by Gasteiger charge is -2.30. The van der Waals surface area contributed by atoms with Gasteiger partial charge in [0.1, 0.15) is 5.76 Å². The molecule has 3 nitrogen and oxygen atoms in total. The number of furan rings is 1. The number of hydrogen-bond donors (Lipinski definition) is 1. The van der Waals surface area contributed by atoms with Crippen LogP contribution >= 0.6 is 11.8 Å². The van der Waals surface area contributed by atoms with Gasteiger partial charge in [-0.15, -0.1) is 0 Å². The van der Waals surface area contributed by atoms with Gasteiger partial charge >= 0.3 is 0 Å². The van der Waals surface area contributed by atoms with Crippen LogP contribution in [-0.4, -0.2) is 42.1 Å². The Hall–Kier alpha value is -0.450. The molecule has 2 unspecified atom stereocenters. The van der Waals surface area contributed by atoms with E-state index >= 15 is 0 Å². The topological polar surface area (TPSA) is 28.4 Å². The average Bonchev–Trinajstić information content (AvgIpc) is 3.00. The summed E-state index contributed by atoms with van der Waals surface area (Å²) in [6, 6.07) is 5.28. The van der Waals surface area contributed by atoms with Crippen molar-refractivity contribution < 1.29 is 4.42 Å². The summed E-state index contributed by atoms with van der Waals surface area (Å²) >= 11 is 2.07. The third-order valence-corrected chi connectivity index (χ3v) is 4.64. The zero-order chi connectivity index (χ0) is 12.1. The fraction of sp³-hybridized carbons (Fsp3) is 0.692. The molecule has 1 fully saturated rings. The van der Waals surface area contributed by atoms with Gasteiger partial charge in [0, 0.05) is 24.4 Å². The Morgan fingerprint density at radius 1 is 1.65 bits per heavy atom. The van der Waals surface area contributed by atoms with Crippen molar-refractivity contribution in [3.63, 3.8) is 0 Å². The lowest BCUT2D eigenvalue weighted by Crippen LogP contribution is -2.43. The number of rotatable bonds is 6. The summed E-state index contributed by atoms with van der Waals surface area (Å²) in [6.07, 6.45) is 3.06. The normalized spacial score (nSPS) is 22.2. The highest BCUT2D eigenvalue weighted by atomic mass is 32.2. The van der Waals surface area contributed by atoms with Crippen molar-refractivity contribution in [2.45, 2.75) is 32.0 Å². The summed E-state index contributed by atoms with van der Waals surface area (Å²) in [5.41, 5.74) is 0.